The van der Waals surface area contributed by atoms with Crippen LogP contribution in [0, 0.1) is 5.41 Å². The molecule has 1 amide bonds. The lowest BCUT2D eigenvalue weighted by molar-refractivity contribution is -0.134. The van der Waals surface area contributed by atoms with Crippen LogP contribution in [-0.4, -0.2) is 34.1 Å². The summed E-state index contributed by atoms with van der Waals surface area (Å²) in [6.07, 6.45) is 2.31. The molecule has 138 valence electrons. The lowest BCUT2D eigenvalue weighted by Gasteiger charge is -2.41. The second-order valence-electron chi connectivity index (χ2n) is 6.60. The number of halogens is 1. The van der Waals surface area contributed by atoms with Gasteiger partial charge in [0.2, 0.25) is 17.6 Å². The van der Waals surface area contributed by atoms with Crippen LogP contribution in [0.15, 0.2) is 53.2 Å². The van der Waals surface area contributed by atoms with E-state index in [1.54, 1.807) is 12.3 Å². The van der Waals surface area contributed by atoms with Crippen LogP contribution in [0.2, 0.25) is 5.02 Å². The van der Waals surface area contributed by atoms with Crippen LogP contribution in [0.5, 0.6) is 0 Å². The van der Waals surface area contributed by atoms with Gasteiger partial charge in [0.15, 0.2) is 0 Å². The van der Waals surface area contributed by atoms with E-state index in [-0.39, 0.29) is 12.5 Å². The number of carbonyl (C=O) groups is 1. The molecule has 2 aromatic heterocycles. The van der Waals surface area contributed by atoms with Crippen molar-refractivity contribution in [3.8, 4) is 11.5 Å². The number of nitrogens with zero attached hydrogens (tertiary/aromatic N) is 3. The Labute approximate surface area is 161 Å². The summed E-state index contributed by atoms with van der Waals surface area (Å²) in [6, 6.07) is 13.0. The fourth-order valence-corrected chi connectivity index (χ4v) is 3.18. The van der Waals surface area contributed by atoms with Crippen LogP contribution in [0.4, 0.5) is 0 Å². The van der Waals surface area contributed by atoms with E-state index in [2.05, 4.69) is 25.8 Å². The molecule has 3 heterocycles. The fraction of sp³-hybridized carbons (Fsp3) is 0.263. The van der Waals surface area contributed by atoms with Crippen molar-refractivity contribution < 1.29 is 9.32 Å². The highest BCUT2D eigenvalue weighted by Gasteiger charge is 2.44. The van der Waals surface area contributed by atoms with Gasteiger partial charge >= 0.3 is 0 Å². The average molecular weight is 384 g/mol. The summed E-state index contributed by atoms with van der Waals surface area (Å²) in [6.45, 7) is 1.44. The minimum Gasteiger partial charge on any atom is -0.346 e. The molecular formula is C19H18ClN5O2. The van der Waals surface area contributed by atoms with E-state index in [1.165, 1.54) is 0 Å². The molecule has 0 spiro atoms. The van der Waals surface area contributed by atoms with E-state index in [4.69, 9.17) is 16.1 Å². The van der Waals surface area contributed by atoms with Crippen LogP contribution in [0.25, 0.3) is 11.5 Å². The highest BCUT2D eigenvalue weighted by Crippen LogP contribution is 2.29. The third-order valence-electron chi connectivity index (χ3n) is 4.63. The number of hydrogen-bond donors (Lipinski definition) is 2. The van der Waals surface area contributed by atoms with E-state index in [1.807, 2.05) is 36.4 Å². The summed E-state index contributed by atoms with van der Waals surface area (Å²) >= 11 is 5.94. The zero-order chi connectivity index (χ0) is 18.7. The van der Waals surface area contributed by atoms with Gasteiger partial charge in [-0.25, -0.2) is 0 Å². The third kappa shape index (κ3) is 3.84. The number of nitrogens with one attached hydrogen (secondary N) is 2. The molecule has 1 saturated heterocycles. The van der Waals surface area contributed by atoms with Crippen molar-refractivity contribution in [2.75, 3.05) is 13.1 Å². The van der Waals surface area contributed by atoms with E-state index in [0.717, 1.165) is 5.56 Å². The fourth-order valence-electron chi connectivity index (χ4n) is 3.05. The molecule has 0 radical (unpaired) electrons. The Bertz CT molecular complexity index is 923. The zero-order valence-electron chi connectivity index (χ0n) is 14.5. The summed E-state index contributed by atoms with van der Waals surface area (Å²) in [5.74, 6) is 0.716. The number of amides is 1. The molecule has 0 saturated carbocycles. The molecule has 0 unspecified atom stereocenters. The first-order valence-corrected chi connectivity index (χ1v) is 9.00. The number of benzene rings is 1. The molecule has 2 N–H and O–H groups in total. The molecule has 27 heavy (non-hydrogen) atoms. The Morgan fingerprint density at radius 2 is 2.04 bits per heavy atom. The topological polar surface area (TPSA) is 92.9 Å². The van der Waals surface area contributed by atoms with Crippen molar-refractivity contribution in [3.05, 3.63) is 65.1 Å². The molecule has 1 aliphatic heterocycles. The first-order valence-electron chi connectivity index (χ1n) is 8.62. The van der Waals surface area contributed by atoms with Gasteiger partial charge in [-0.2, -0.15) is 4.98 Å². The lowest BCUT2D eigenvalue weighted by Crippen LogP contribution is -2.62. The molecule has 8 heteroatoms. The van der Waals surface area contributed by atoms with Crippen LogP contribution in [0.1, 0.15) is 11.5 Å². The Morgan fingerprint density at radius 1 is 1.22 bits per heavy atom. The van der Waals surface area contributed by atoms with Gasteiger partial charge in [0.05, 0.1) is 12.0 Å². The summed E-state index contributed by atoms with van der Waals surface area (Å²) in [4.78, 5) is 21.3. The molecule has 4 rings (SSSR count). The van der Waals surface area contributed by atoms with Gasteiger partial charge in [0, 0.05) is 24.3 Å². The number of carbonyl (C=O) groups excluding carboxylic acids is 1. The Kier molecular flexibility index (Phi) is 4.87. The summed E-state index contributed by atoms with van der Waals surface area (Å²) in [5, 5.41) is 10.7. The maximum absolute atomic E-state index is 12.8. The molecule has 0 aliphatic carbocycles. The number of pyridine rings is 1. The second kappa shape index (κ2) is 7.46. The molecule has 0 bridgehead atoms. The van der Waals surface area contributed by atoms with Crippen LogP contribution in [-0.2, 0) is 17.8 Å². The summed E-state index contributed by atoms with van der Waals surface area (Å²) in [5.41, 5.74) is 1.23. The smallest absolute Gasteiger partial charge is 0.246 e. The Hall–Kier alpha value is -2.77. The van der Waals surface area contributed by atoms with Gasteiger partial charge in [-0.1, -0.05) is 35.0 Å². The highest BCUT2D eigenvalue weighted by atomic mass is 35.5. The van der Waals surface area contributed by atoms with Crippen molar-refractivity contribution in [2.24, 2.45) is 5.41 Å². The zero-order valence-corrected chi connectivity index (χ0v) is 15.2. The first-order chi connectivity index (χ1) is 13.1. The van der Waals surface area contributed by atoms with Crippen molar-refractivity contribution in [1.29, 1.82) is 0 Å². The predicted octanol–water partition coefficient (Wildman–Crippen LogP) is 2.23. The van der Waals surface area contributed by atoms with Crippen molar-refractivity contribution >= 4 is 17.5 Å². The molecule has 1 fully saturated rings. The van der Waals surface area contributed by atoms with Gasteiger partial charge < -0.3 is 15.2 Å². The van der Waals surface area contributed by atoms with E-state index < -0.39 is 5.41 Å². The van der Waals surface area contributed by atoms with Gasteiger partial charge in [0.25, 0.3) is 0 Å². The quantitative estimate of drug-likeness (QED) is 0.678. The molecule has 0 atom stereocenters. The van der Waals surface area contributed by atoms with E-state index in [9.17, 15) is 4.79 Å². The van der Waals surface area contributed by atoms with E-state index >= 15 is 0 Å². The molecule has 1 aromatic carbocycles. The van der Waals surface area contributed by atoms with Gasteiger partial charge in [-0.3, -0.25) is 9.78 Å². The summed E-state index contributed by atoms with van der Waals surface area (Å²) in [7, 11) is 0. The predicted molar refractivity (Wildman–Crippen MR) is 99.8 cm³/mol. The molecule has 1 aliphatic rings. The van der Waals surface area contributed by atoms with Crippen molar-refractivity contribution in [3.63, 3.8) is 0 Å². The maximum atomic E-state index is 12.8. The third-order valence-corrected chi connectivity index (χ3v) is 4.88. The van der Waals surface area contributed by atoms with Crippen molar-refractivity contribution in [2.45, 2.75) is 13.0 Å². The van der Waals surface area contributed by atoms with E-state index in [0.29, 0.717) is 41.9 Å². The number of aromatic nitrogens is 3. The summed E-state index contributed by atoms with van der Waals surface area (Å²) < 4.78 is 5.22. The van der Waals surface area contributed by atoms with Crippen LogP contribution in [0.3, 0.4) is 0 Å². The average Bonchev–Trinajstić information content (AvgIpc) is 3.14. The Morgan fingerprint density at radius 3 is 2.70 bits per heavy atom. The lowest BCUT2D eigenvalue weighted by atomic mass is 9.75. The minimum atomic E-state index is -0.475. The molecule has 3 aromatic rings. The largest absolute Gasteiger partial charge is 0.346 e. The van der Waals surface area contributed by atoms with Crippen LogP contribution < -0.4 is 10.6 Å². The normalized spacial score (nSPS) is 15.1. The standard InChI is InChI=1S/C19H18ClN5O2/c20-14-6-4-13(5-7-14)9-19(11-21-12-19)18(26)23-10-16-24-17(25-27-16)15-3-1-2-8-22-15/h1-8,21H,9-12H2,(H,23,26). The van der Waals surface area contributed by atoms with Gasteiger partial charge in [0.1, 0.15) is 5.69 Å². The maximum Gasteiger partial charge on any atom is 0.246 e. The molecule has 7 nitrogen and oxygen atoms in total. The SMILES string of the molecule is O=C(NCc1nc(-c2ccccn2)no1)C1(Cc2ccc(Cl)cc2)CNC1. The highest BCUT2D eigenvalue weighted by molar-refractivity contribution is 6.30. The monoisotopic (exact) mass is 383 g/mol. The minimum absolute atomic E-state index is 0.0335. The van der Waals surface area contributed by atoms with Crippen molar-refractivity contribution in [1.82, 2.24) is 25.8 Å². The van der Waals surface area contributed by atoms with Gasteiger partial charge in [-0.15, -0.1) is 0 Å². The number of hydrogen-bond acceptors (Lipinski definition) is 6. The first kappa shape index (κ1) is 17.6. The second-order valence-corrected chi connectivity index (χ2v) is 7.03. The van der Waals surface area contributed by atoms with Crippen LogP contribution >= 0.6 is 11.6 Å². The Balaban J connectivity index is 1.39. The van der Waals surface area contributed by atoms with Gasteiger partial charge in [-0.05, 0) is 36.2 Å². The molecular weight excluding hydrogens is 366 g/mol. The number of rotatable bonds is 6.